The molecule has 1 N–H and O–H groups in total. The molecule has 0 spiro atoms. The number of carbonyl (C=O) groups excluding carboxylic acids is 1. The first kappa shape index (κ1) is 19.9. The third-order valence-electron chi connectivity index (χ3n) is 3.56. The molecule has 7 nitrogen and oxygen atoms in total. The van der Waals surface area contributed by atoms with E-state index in [0.717, 1.165) is 16.3 Å². The van der Waals surface area contributed by atoms with Crippen molar-refractivity contribution in [3.8, 4) is 5.75 Å². The Labute approximate surface area is 156 Å². The molecule has 1 aromatic heterocycles. The molecule has 0 aliphatic carbocycles. The van der Waals surface area contributed by atoms with E-state index in [1.54, 1.807) is 5.38 Å². The predicted molar refractivity (Wildman–Crippen MR) is 97.4 cm³/mol. The van der Waals surface area contributed by atoms with Gasteiger partial charge >= 0.3 is 5.97 Å². The van der Waals surface area contributed by atoms with E-state index in [1.165, 1.54) is 23.3 Å². The Bertz CT molecular complexity index is 729. The molecule has 0 fully saturated rings. The molecule has 8 heteroatoms. The van der Waals surface area contributed by atoms with Crippen molar-refractivity contribution in [2.24, 2.45) is 0 Å². The van der Waals surface area contributed by atoms with Crippen LogP contribution in [0.1, 0.15) is 16.3 Å². The zero-order valence-corrected chi connectivity index (χ0v) is 15.6. The van der Waals surface area contributed by atoms with Crippen molar-refractivity contribution < 1.29 is 24.2 Å². The van der Waals surface area contributed by atoms with Crippen LogP contribution >= 0.6 is 11.3 Å². The second-order valence-electron chi connectivity index (χ2n) is 5.71. The first-order valence-corrected chi connectivity index (χ1v) is 8.97. The van der Waals surface area contributed by atoms with Crippen LogP contribution in [0.15, 0.2) is 29.6 Å². The van der Waals surface area contributed by atoms with Crippen LogP contribution < -0.4 is 4.74 Å². The average Bonchev–Trinajstić information content (AvgIpc) is 3.05. The SMILES string of the molecule is COCCN(CC(=O)O)C(=O)Cc1csc(COc2ccc(C)cc2)n1. The number of hydrogen-bond acceptors (Lipinski definition) is 6. The molecule has 2 rings (SSSR count). The number of aromatic nitrogens is 1. The van der Waals surface area contributed by atoms with Crippen molar-refractivity contribution in [2.45, 2.75) is 20.0 Å². The fraction of sp³-hybridized carbons (Fsp3) is 0.389. The third-order valence-corrected chi connectivity index (χ3v) is 4.43. The molecule has 0 saturated heterocycles. The molecular formula is C18H22N2O5S. The topological polar surface area (TPSA) is 89.0 Å². The molecule has 0 saturated carbocycles. The Hall–Kier alpha value is -2.45. The lowest BCUT2D eigenvalue weighted by Crippen LogP contribution is -2.38. The summed E-state index contributed by atoms with van der Waals surface area (Å²) in [6.07, 6.45) is 0.0536. The maximum atomic E-state index is 12.3. The summed E-state index contributed by atoms with van der Waals surface area (Å²) in [6.45, 7) is 2.50. The van der Waals surface area contributed by atoms with E-state index >= 15 is 0 Å². The van der Waals surface area contributed by atoms with Crippen molar-refractivity contribution in [3.63, 3.8) is 0 Å². The van der Waals surface area contributed by atoms with Gasteiger partial charge < -0.3 is 19.5 Å². The van der Waals surface area contributed by atoms with Gasteiger partial charge in [0.2, 0.25) is 5.91 Å². The summed E-state index contributed by atoms with van der Waals surface area (Å²) in [4.78, 5) is 28.9. The molecule has 26 heavy (non-hydrogen) atoms. The lowest BCUT2D eigenvalue weighted by molar-refractivity contribution is -0.144. The molecule has 1 aromatic carbocycles. The lowest BCUT2D eigenvalue weighted by Gasteiger charge is -2.19. The molecule has 0 aliphatic rings. The van der Waals surface area contributed by atoms with Crippen LogP contribution in [0.2, 0.25) is 0 Å². The molecule has 1 amide bonds. The first-order chi connectivity index (χ1) is 12.5. The monoisotopic (exact) mass is 378 g/mol. The van der Waals surface area contributed by atoms with Crippen molar-refractivity contribution >= 4 is 23.2 Å². The Kier molecular flexibility index (Phi) is 7.55. The molecule has 2 aromatic rings. The minimum atomic E-state index is -1.06. The summed E-state index contributed by atoms with van der Waals surface area (Å²) in [5.74, 6) is -0.587. The van der Waals surface area contributed by atoms with Gasteiger partial charge in [-0.05, 0) is 19.1 Å². The van der Waals surface area contributed by atoms with Crippen molar-refractivity contribution in [2.75, 3.05) is 26.8 Å². The van der Waals surface area contributed by atoms with Crippen LogP contribution in [0.4, 0.5) is 0 Å². The Morgan fingerprint density at radius 3 is 2.65 bits per heavy atom. The van der Waals surface area contributed by atoms with Gasteiger partial charge in [0.25, 0.3) is 0 Å². The fourth-order valence-electron chi connectivity index (χ4n) is 2.20. The summed E-state index contributed by atoms with van der Waals surface area (Å²) in [5, 5.41) is 11.5. The van der Waals surface area contributed by atoms with E-state index in [1.807, 2.05) is 31.2 Å². The smallest absolute Gasteiger partial charge is 0.323 e. The van der Waals surface area contributed by atoms with Crippen LogP contribution in [0, 0.1) is 6.92 Å². The number of ether oxygens (including phenoxy) is 2. The molecule has 1 heterocycles. The normalized spacial score (nSPS) is 10.5. The quantitative estimate of drug-likeness (QED) is 0.681. The van der Waals surface area contributed by atoms with Gasteiger partial charge in [-0.2, -0.15) is 0 Å². The average molecular weight is 378 g/mol. The molecule has 0 atom stereocenters. The van der Waals surface area contributed by atoms with Crippen molar-refractivity contribution in [3.05, 3.63) is 45.9 Å². The van der Waals surface area contributed by atoms with E-state index in [4.69, 9.17) is 14.6 Å². The van der Waals surface area contributed by atoms with Crippen molar-refractivity contribution in [1.29, 1.82) is 0 Å². The molecule has 0 radical (unpaired) electrons. The van der Waals surface area contributed by atoms with Gasteiger partial charge in [-0.25, -0.2) is 4.98 Å². The number of aliphatic carboxylic acids is 1. The predicted octanol–water partition coefficient (Wildman–Crippen LogP) is 2.13. The summed E-state index contributed by atoms with van der Waals surface area (Å²) < 4.78 is 10.6. The highest BCUT2D eigenvalue weighted by Crippen LogP contribution is 2.16. The van der Waals surface area contributed by atoms with E-state index in [0.29, 0.717) is 12.3 Å². The van der Waals surface area contributed by atoms with Gasteiger partial charge in [0, 0.05) is 19.0 Å². The number of aryl methyl sites for hydroxylation is 1. The van der Waals surface area contributed by atoms with Gasteiger partial charge in [-0.1, -0.05) is 17.7 Å². The molecule has 0 aliphatic heterocycles. The Morgan fingerprint density at radius 1 is 1.27 bits per heavy atom. The van der Waals surface area contributed by atoms with E-state index < -0.39 is 5.97 Å². The Balaban J connectivity index is 1.89. The van der Waals surface area contributed by atoms with E-state index in [2.05, 4.69) is 4.98 Å². The van der Waals surface area contributed by atoms with Gasteiger partial charge in [0.1, 0.15) is 23.9 Å². The number of carbonyl (C=O) groups is 2. The number of carboxylic acid groups (broad SMARTS) is 1. The number of hydrogen-bond donors (Lipinski definition) is 1. The van der Waals surface area contributed by atoms with Crippen molar-refractivity contribution in [1.82, 2.24) is 9.88 Å². The number of carboxylic acids is 1. The highest BCUT2D eigenvalue weighted by molar-refractivity contribution is 7.09. The van der Waals surface area contributed by atoms with Gasteiger partial charge in [0.05, 0.1) is 18.7 Å². The standard InChI is InChI=1S/C18H22N2O5S/c1-13-3-5-15(6-4-13)25-11-16-19-14(12-26-16)9-17(21)20(7-8-24-2)10-18(22)23/h3-6,12H,7-11H2,1-2H3,(H,22,23). The maximum absolute atomic E-state index is 12.3. The first-order valence-electron chi connectivity index (χ1n) is 8.09. The lowest BCUT2D eigenvalue weighted by atomic mass is 10.2. The minimum absolute atomic E-state index is 0.0536. The summed E-state index contributed by atoms with van der Waals surface area (Å²) in [7, 11) is 1.50. The summed E-state index contributed by atoms with van der Waals surface area (Å²) in [5.41, 5.74) is 1.77. The number of thiazole rings is 1. The zero-order valence-electron chi connectivity index (χ0n) is 14.8. The maximum Gasteiger partial charge on any atom is 0.323 e. The van der Waals surface area contributed by atoms with Gasteiger partial charge in [-0.3, -0.25) is 9.59 Å². The third kappa shape index (κ3) is 6.45. The second kappa shape index (κ2) is 9.88. The number of rotatable bonds is 10. The molecule has 0 unspecified atom stereocenters. The minimum Gasteiger partial charge on any atom is -0.486 e. The zero-order chi connectivity index (χ0) is 18.9. The highest BCUT2D eigenvalue weighted by Gasteiger charge is 2.18. The van der Waals surface area contributed by atoms with Crippen LogP contribution in [0.25, 0.3) is 0 Å². The fourth-order valence-corrected chi connectivity index (χ4v) is 2.90. The van der Waals surface area contributed by atoms with Crippen LogP contribution in [0.5, 0.6) is 5.75 Å². The molecule has 0 bridgehead atoms. The van der Waals surface area contributed by atoms with Crippen LogP contribution in [-0.2, 0) is 27.4 Å². The van der Waals surface area contributed by atoms with Gasteiger partial charge in [0.15, 0.2) is 0 Å². The number of nitrogens with zero attached hydrogens (tertiary/aromatic N) is 2. The largest absolute Gasteiger partial charge is 0.486 e. The Morgan fingerprint density at radius 2 is 2.00 bits per heavy atom. The second-order valence-corrected chi connectivity index (χ2v) is 6.66. The molecular weight excluding hydrogens is 356 g/mol. The number of benzene rings is 1. The van der Waals surface area contributed by atoms with Crippen LogP contribution in [0.3, 0.4) is 0 Å². The number of amides is 1. The summed E-state index contributed by atoms with van der Waals surface area (Å²) >= 11 is 1.41. The highest BCUT2D eigenvalue weighted by atomic mass is 32.1. The summed E-state index contributed by atoms with van der Waals surface area (Å²) in [6, 6.07) is 7.73. The molecule has 140 valence electrons. The van der Waals surface area contributed by atoms with Crippen LogP contribution in [-0.4, -0.2) is 53.7 Å². The van der Waals surface area contributed by atoms with E-state index in [9.17, 15) is 9.59 Å². The number of methoxy groups -OCH3 is 1. The van der Waals surface area contributed by atoms with Gasteiger partial charge in [-0.15, -0.1) is 11.3 Å². The van der Waals surface area contributed by atoms with E-state index in [-0.39, 0.29) is 32.0 Å².